The van der Waals surface area contributed by atoms with E-state index in [1.807, 2.05) is 49.1 Å². The van der Waals surface area contributed by atoms with Crippen molar-refractivity contribution in [2.75, 3.05) is 31.5 Å². The molecular formula is C32H35FN4O2. The van der Waals surface area contributed by atoms with E-state index in [9.17, 15) is 14.0 Å². The third-order valence-electron chi connectivity index (χ3n) is 8.68. The molecule has 0 radical (unpaired) electrons. The number of aromatic amines is 1. The van der Waals surface area contributed by atoms with Crippen LogP contribution < -0.4 is 5.32 Å². The molecule has 2 aromatic carbocycles. The molecule has 0 aliphatic carbocycles. The largest absolute Gasteiger partial charge is 0.359 e. The van der Waals surface area contributed by atoms with E-state index in [0.717, 1.165) is 59.6 Å². The van der Waals surface area contributed by atoms with E-state index >= 15 is 0 Å². The Kier molecular flexibility index (Phi) is 6.85. The number of aromatic nitrogens is 1. The van der Waals surface area contributed by atoms with Crippen LogP contribution in [0.4, 0.5) is 10.1 Å². The van der Waals surface area contributed by atoms with Crippen molar-refractivity contribution in [1.29, 1.82) is 0 Å². The lowest BCUT2D eigenvalue weighted by molar-refractivity contribution is -0.132. The number of anilines is 1. The molecule has 39 heavy (non-hydrogen) atoms. The smallest absolute Gasteiger partial charge is 0.256 e. The highest BCUT2D eigenvalue weighted by molar-refractivity contribution is 6.36. The maximum atomic E-state index is 14.0. The van der Waals surface area contributed by atoms with Gasteiger partial charge in [-0.1, -0.05) is 24.3 Å². The normalized spacial score (nSPS) is 19.1. The van der Waals surface area contributed by atoms with Crippen molar-refractivity contribution in [1.82, 2.24) is 14.8 Å². The van der Waals surface area contributed by atoms with Crippen LogP contribution in [0.5, 0.6) is 0 Å². The first-order valence-corrected chi connectivity index (χ1v) is 14.0. The fourth-order valence-corrected chi connectivity index (χ4v) is 6.50. The van der Waals surface area contributed by atoms with Gasteiger partial charge in [-0.25, -0.2) is 4.39 Å². The number of hydrogen-bond donors (Lipinski definition) is 2. The number of nitrogens with zero attached hydrogens (tertiary/aromatic N) is 2. The summed E-state index contributed by atoms with van der Waals surface area (Å²) in [7, 11) is 0. The molecule has 0 bridgehead atoms. The van der Waals surface area contributed by atoms with Gasteiger partial charge in [0, 0.05) is 41.8 Å². The van der Waals surface area contributed by atoms with Gasteiger partial charge in [0.1, 0.15) is 5.82 Å². The molecule has 0 atom stereocenters. The van der Waals surface area contributed by atoms with Crippen LogP contribution >= 0.6 is 0 Å². The Morgan fingerprint density at radius 3 is 2.54 bits per heavy atom. The third-order valence-corrected chi connectivity index (χ3v) is 8.68. The molecule has 1 aromatic heterocycles. The second-order valence-electron chi connectivity index (χ2n) is 11.0. The summed E-state index contributed by atoms with van der Waals surface area (Å²) < 4.78 is 14.0. The van der Waals surface area contributed by atoms with Crippen molar-refractivity contribution in [3.63, 3.8) is 0 Å². The van der Waals surface area contributed by atoms with Gasteiger partial charge < -0.3 is 20.1 Å². The van der Waals surface area contributed by atoms with E-state index in [1.54, 1.807) is 6.07 Å². The average molecular weight is 527 g/mol. The highest BCUT2D eigenvalue weighted by Gasteiger charge is 2.30. The number of likely N-dealkylation sites (tertiary alicyclic amines) is 2. The third kappa shape index (κ3) is 4.91. The predicted octanol–water partition coefficient (Wildman–Crippen LogP) is 5.56. The Bertz CT molecular complexity index is 1460. The summed E-state index contributed by atoms with van der Waals surface area (Å²) in [5.74, 6) is -0.353. The molecule has 3 aliphatic heterocycles. The number of H-pyrrole nitrogens is 1. The second-order valence-corrected chi connectivity index (χ2v) is 11.0. The fourth-order valence-electron chi connectivity index (χ4n) is 6.50. The van der Waals surface area contributed by atoms with Gasteiger partial charge in [0.15, 0.2) is 0 Å². The zero-order valence-electron chi connectivity index (χ0n) is 22.6. The molecule has 3 aromatic rings. The summed E-state index contributed by atoms with van der Waals surface area (Å²) in [6.07, 6.45) is 6.91. The number of amides is 2. The zero-order chi connectivity index (χ0) is 27.1. The highest BCUT2D eigenvalue weighted by Crippen LogP contribution is 2.41. The van der Waals surface area contributed by atoms with Crippen LogP contribution in [0.3, 0.4) is 0 Å². The topological polar surface area (TPSA) is 68.4 Å². The minimum atomic E-state index is -0.321. The number of aryl methyl sites for hydroxylation is 1. The first-order chi connectivity index (χ1) is 18.9. The Balaban J connectivity index is 1.24. The molecule has 6 nitrogen and oxygen atoms in total. The number of benzene rings is 2. The minimum Gasteiger partial charge on any atom is -0.359 e. The monoisotopic (exact) mass is 526 g/mol. The molecule has 7 heteroatoms. The average Bonchev–Trinajstić information content (AvgIpc) is 3.64. The number of nitrogens with one attached hydrogen (secondary N) is 2. The standard InChI is InChI=1S/C32H35FN4O2/c1-20-26(19-30(38)37-15-11-24(12-16-37)36-13-3-4-14-36)21(2)34-29(20)18-27-31-25(22-7-5-8-23(33)17-22)9-6-10-28(31)35-32(27)39/h5-10,17-18,24,34H,3-4,11-16,19H2,1-2H3,(H,35,39). The Hall–Kier alpha value is -3.71. The molecule has 0 spiro atoms. The second kappa shape index (κ2) is 10.5. The number of hydrogen-bond acceptors (Lipinski definition) is 3. The van der Waals surface area contributed by atoms with Gasteiger partial charge in [-0.15, -0.1) is 0 Å². The number of carbonyl (C=O) groups excluding carboxylic acids is 2. The summed E-state index contributed by atoms with van der Waals surface area (Å²) in [4.78, 5) is 34.4. The van der Waals surface area contributed by atoms with Gasteiger partial charge in [-0.3, -0.25) is 9.59 Å². The summed E-state index contributed by atoms with van der Waals surface area (Å²) in [6.45, 7) is 8.02. The van der Waals surface area contributed by atoms with Gasteiger partial charge >= 0.3 is 0 Å². The quantitative estimate of drug-likeness (QED) is 0.428. The van der Waals surface area contributed by atoms with Crippen LogP contribution in [0.2, 0.25) is 0 Å². The van der Waals surface area contributed by atoms with Gasteiger partial charge in [-0.2, -0.15) is 0 Å². The summed E-state index contributed by atoms with van der Waals surface area (Å²) in [5.41, 5.74) is 7.23. The van der Waals surface area contributed by atoms with E-state index in [0.29, 0.717) is 29.3 Å². The van der Waals surface area contributed by atoms with Crippen LogP contribution in [-0.4, -0.2) is 58.8 Å². The highest BCUT2D eigenvalue weighted by atomic mass is 19.1. The molecule has 6 rings (SSSR count). The fraction of sp³-hybridized carbons (Fsp3) is 0.375. The van der Waals surface area contributed by atoms with E-state index in [4.69, 9.17) is 0 Å². The lowest BCUT2D eigenvalue weighted by Gasteiger charge is -2.36. The molecule has 2 N–H and O–H groups in total. The molecule has 0 saturated carbocycles. The Labute approximate surface area is 228 Å². The number of rotatable bonds is 5. The molecule has 4 heterocycles. The van der Waals surface area contributed by atoms with Gasteiger partial charge in [0.05, 0.1) is 12.0 Å². The van der Waals surface area contributed by atoms with Crippen molar-refractivity contribution in [3.8, 4) is 11.1 Å². The van der Waals surface area contributed by atoms with Crippen molar-refractivity contribution < 1.29 is 14.0 Å². The molecule has 2 amide bonds. The van der Waals surface area contributed by atoms with Crippen LogP contribution in [0.15, 0.2) is 42.5 Å². The number of piperidine rings is 1. The van der Waals surface area contributed by atoms with Crippen LogP contribution in [0.1, 0.15) is 53.8 Å². The molecule has 2 saturated heterocycles. The van der Waals surface area contributed by atoms with Gasteiger partial charge in [-0.05, 0) is 99.1 Å². The minimum absolute atomic E-state index is 0.164. The SMILES string of the molecule is Cc1[nH]c(C=C2C(=O)Nc3cccc(-c4cccc(F)c4)c32)c(C)c1CC(=O)N1CCC(N2CCCC2)CC1. The van der Waals surface area contributed by atoms with E-state index in [2.05, 4.69) is 15.2 Å². The van der Waals surface area contributed by atoms with Crippen LogP contribution in [0, 0.1) is 19.7 Å². The molecule has 2 fully saturated rings. The maximum absolute atomic E-state index is 14.0. The van der Waals surface area contributed by atoms with E-state index in [-0.39, 0.29) is 17.6 Å². The molecule has 3 aliphatic rings. The van der Waals surface area contributed by atoms with Crippen LogP contribution in [-0.2, 0) is 16.0 Å². The first kappa shape index (κ1) is 25.6. The molecule has 202 valence electrons. The zero-order valence-corrected chi connectivity index (χ0v) is 22.6. The van der Waals surface area contributed by atoms with Crippen molar-refractivity contribution in [3.05, 3.63) is 76.4 Å². The van der Waals surface area contributed by atoms with Crippen molar-refractivity contribution in [2.45, 2.75) is 52.0 Å². The lowest BCUT2D eigenvalue weighted by Crippen LogP contribution is -2.46. The van der Waals surface area contributed by atoms with Crippen molar-refractivity contribution in [2.24, 2.45) is 0 Å². The van der Waals surface area contributed by atoms with E-state index in [1.165, 1.54) is 38.1 Å². The maximum Gasteiger partial charge on any atom is 0.256 e. The number of halogens is 1. The molecular weight excluding hydrogens is 491 g/mol. The Morgan fingerprint density at radius 1 is 1.05 bits per heavy atom. The summed E-state index contributed by atoms with van der Waals surface area (Å²) in [5, 5.41) is 2.95. The predicted molar refractivity (Wildman–Crippen MR) is 153 cm³/mol. The number of carbonyl (C=O) groups is 2. The van der Waals surface area contributed by atoms with Crippen LogP contribution in [0.25, 0.3) is 22.8 Å². The van der Waals surface area contributed by atoms with E-state index < -0.39 is 0 Å². The Morgan fingerprint density at radius 2 is 1.79 bits per heavy atom. The molecule has 0 unspecified atom stereocenters. The van der Waals surface area contributed by atoms with Gasteiger partial charge in [0.25, 0.3) is 5.91 Å². The summed E-state index contributed by atoms with van der Waals surface area (Å²) >= 11 is 0. The summed E-state index contributed by atoms with van der Waals surface area (Å²) in [6, 6.07) is 12.7. The lowest BCUT2D eigenvalue weighted by atomic mass is 9.94. The van der Waals surface area contributed by atoms with Crippen molar-refractivity contribution >= 4 is 29.2 Å². The number of fused-ring (bicyclic) bond motifs is 1. The first-order valence-electron chi connectivity index (χ1n) is 14.0. The van der Waals surface area contributed by atoms with Gasteiger partial charge in [0.2, 0.25) is 5.91 Å².